The average molecular weight is 318 g/mol. The van der Waals surface area contributed by atoms with Gasteiger partial charge < -0.3 is 10.2 Å². The molecule has 0 unspecified atom stereocenters. The van der Waals surface area contributed by atoms with Gasteiger partial charge in [-0.3, -0.25) is 0 Å². The third-order valence-electron chi connectivity index (χ3n) is 4.53. The Balaban J connectivity index is 1.58. The van der Waals surface area contributed by atoms with Crippen LogP contribution in [-0.4, -0.2) is 29.6 Å². The van der Waals surface area contributed by atoms with E-state index in [1.54, 1.807) is 0 Å². The molecule has 0 radical (unpaired) electrons. The molecule has 2 heterocycles. The second kappa shape index (κ2) is 6.87. The number of benzene rings is 2. The van der Waals surface area contributed by atoms with E-state index in [0.29, 0.717) is 0 Å². The first-order valence-corrected chi connectivity index (χ1v) is 8.70. The first-order valence-electron chi connectivity index (χ1n) is 8.70. The summed E-state index contributed by atoms with van der Waals surface area (Å²) in [6.07, 6.45) is 3.44. The molecule has 3 aromatic rings. The molecule has 24 heavy (non-hydrogen) atoms. The van der Waals surface area contributed by atoms with Crippen LogP contribution in [-0.2, 0) is 6.42 Å². The van der Waals surface area contributed by atoms with E-state index in [4.69, 9.17) is 9.97 Å². The van der Waals surface area contributed by atoms with Gasteiger partial charge in [0.2, 0.25) is 5.95 Å². The van der Waals surface area contributed by atoms with Gasteiger partial charge in [0.1, 0.15) is 5.82 Å². The molecule has 1 fully saturated rings. The monoisotopic (exact) mass is 318 g/mol. The van der Waals surface area contributed by atoms with Crippen LogP contribution >= 0.6 is 0 Å². The molecule has 1 N–H and O–H groups in total. The highest BCUT2D eigenvalue weighted by Crippen LogP contribution is 2.25. The molecular formula is C20H22N4. The molecule has 2 aromatic carbocycles. The van der Waals surface area contributed by atoms with E-state index in [0.717, 1.165) is 48.7 Å². The van der Waals surface area contributed by atoms with Crippen molar-refractivity contribution in [1.29, 1.82) is 0 Å². The summed E-state index contributed by atoms with van der Waals surface area (Å²) < 4.78 is 0. The van der Waals surface area contributed by atoms with E-state index < -0.39 is 0 Å². The highest BCUT2D eigenvalue weighted by atomic mass is 15.3. The summed E-state index contributed by atoms with van der Waals surface area (Å²) >= 11 is 0. The fraction of sp³-hybridized carbons (Fsp3) is 0.300. The number of fused-ring (bicyclic) bond motifs is 1. The molecule has 0 bridgehead atoms. The lowest BCUT2D eigenvalue weighted by Crippen LogP contribution is -2.21. The van der Waals surface area contributed by atoms with Crippen LogP contribution in [0.1, 0.15) is 18.4 Å². The van der Waals surface area contributed by atoms with Gasteiger partial charge >= 0.3 is 0 Å². The normalized spacial score (nSPS) is 14.2. The lowest BCUT2D eigenvalue weighted by atomic mass is 10.1. The zero-order chi connectivity index (χ0) is 16.2. The predicted molar refractivity (Wildman–Crippen MR) is 99.6 cm³/mol. The topological polar surface area (TPSA) is 41.1 Å². The number of anilines is 2. The van der Waals surface area contributed by atoms with E-state index in [2.05, 4.69) is 52.7 Å². The number of rotatable bonds is 5. The van der Waals surface area contributed by atoms with Crippen LogP contribution in [0.15, 0.2) is 54.6 Å². The summed E-state index contributed by atoms with van der Waals surface area (Å²) in [6.45, 7) is 2.98. The van der Waals surface area contributed by atoms with Crippen molar-refractivity contribution in [3.05, 3.63) is 60.2 Å². The van der Waals surface area contributed by atoms with Gasteiger partial charge in [-0.2, -0.15) is 4.98 Å². The number of aromatic nitrogens is 2. The van der Waals surface area contributed by atoms with E-state index in [-0.39, 0.29) is 0 Å². The molecule has 4 rings (SSSR count). The molecular weight excluding hydrogens is 296 g/mol. The Bertz CT molecular complexity index is 810. The smallest absolute Gasteiger partial charge is 0.227 e. The Kier molecular flexibility index (Phi) is 4.28. The van der Waals surface area contributed by atoms with E-state index >= 15 is 0 Å². The van der Waals surface area contributed by atoms with Gasteiger partial charge in [0, 0.05) is 25.0 Å². The molecule has 1 aromatic heterocycles. The number of nitrogens with zero attached hydrogens (tertiary/aromatic N) is 3. The Morgan fingerprint density at radius 1 is 0.875 bits per heavy atom. The summed E-state index contributed by atoms with van der Waals surface area (Å²) in [5.41, 5.74) is 2.35. The van der Waals surface area contributed by atoms with Crippen molar-refractivity contribution in [3.8, 4) is 0 Å². The highest BCUT2D eigenvalue weighted by Gasteiger charge is 2.17. The molecule has 0 saturated carbocycles. The van der Waals surface area contributed by atoms with Crippen LogP contribution in [0.4, 0.5) is 11.8 Å². The summed E-state index contributed by atoms with van der Waals surface area (Å²) in [5.74, 6) is 1.80. The first kappa shape index (κ1) is 14.9. The van der Waals surface area contributed by atoms with Crippen LogP contribution in [0.3, 0.4) is 0 Å². The molecule has 122 valence electrons. The number of hydrogen-bond acceptors (Lipinski definition) is 4. The summed E-state index contributed by atoms with van der Waals surface area (Å²) in [4.78, 5) is 11.9. The van der Waals surface area contributed by atoms with Crippen molar-refractivity contribution >= 4 is 22.7 Å². The molecule has 0 atom stereocenters. The predicted octanol–water partition coefficient (Wildman–Crippen LogP) is 3.88. The molecule has 4 heteroatoms. The second-order valence-electron chi connectivity index (χ2n) is 6.25. The van der Waals surface area contributed by atoms with Crippen molar-refractivity contribution in [2.45, 2.75) is 19.3 Å². The molecule has 0 amide bonds. The zero-order valence-electron chi connectivity index (χ0n) is 13.8. The number of nitrogens with one attached hydrogen (secondary N) is 1. The second-order valence-corrected chi connectivity index (χ2v) is 6.25. The van der Waals surface area contributed by atoms with Crippen molar-refractivity contribution < 1.29 is 0 Å². The zero-order valence-corrected chi connectivity index (χ0v) is 13.8. The van der Waals surface area contributed by atoms with E-state index in [1.807, 2.05) is 12.1 Å². The molecule has 1 aliphatic rings. The maximum absolute atomic E-state index is 4.82. The number of para-hydroxylation sites is 1. The maximum Gasteiger partial charge on any atom is 0.227 e. The average Bonchev–Trinajstić information content (AvgIpc) is 3.17. The van der Waals surface area contributed by atoms with Gasteiger partial charge in [0.25, 0.3) is 0 Å². The molecule has 1 saturated heterocycles. The molecule has 0 aliphatic carbocycles. The Hall–Kier alpha value is -2.62. The summed E-state index contributed by atoms with van der Waals surface area (Å²) in [6, 6.07) is 18.8. The van der Waals surface area contributed by atoms with Gasteiger partial charge in [-0.05, 0) is 37.0 Å². The lowest BCUT2D eigenvalue weighted by molar-refractivity contribution is 0.904. The maximum atomic E-state index is 4.82. The number of hydrogen-bond donors (Lipinski definition) is 1. The highest BCUT2D eigenvalue weighted by molar-refractivity contribution is 5.90. The Morgan fingerprint density at radius 3 is 2.46 bits per heavy atom. The van der Waals surface area contributed by atoms with Crippen molar-refractivity contribution in [3.63, 3.8) is 0 Å². The van der Waals surface area contributed by atoms with Gasteiger partial charge in [0.05, 0.1) is 5.52 Å². The third-order valence-corrected chi connectivity index (χ3v) is 4.53. The lowest BCUT2D eigenvalue weighted by Gasteiger charge is -2.17. The van der Waals surface area contributed by atoms with Crippen LogP contribution in [0.2, 0.25) is 0 Å². The summed E-state index contributed by atoms with van der Waals surface area (Å²) in [5, 5.41) is 4.61. The molecule has 1 aliphatic heterocycles. The van der Waals surface area contributed by atoms with E-state index in [9.17, 15) is 0 Å². The van der Waals surface area contributed by atoms with Crippen molar-refractivity contribution in [2.24, 2.45) is 0 Å². The minimum absolute atomic E-state index is 0.855. The third kappa shape index (κ3) is 3.18. The van der Waals surface area contributed by atoms with Crippen LogP contribution in [0.25, 0.3) is 10.9 Å². The SMILES string of the molecule is c1ccc(CCNc2nc(N3CCCC3)nc3ccccc23)cc1. The van der Waals surface area contributed by atoms with Crippen LogP contribution < -0.4 is 10.2 Å². The standard InChI is InChI=1S/C20H22N4/c1-2-8-16(9-3-1)12-13-21-19-17-10-4-5-11-18(17)22-20(23-19)24-14-6-7-15-24/h1-5,8-11H,6-7,12-15H2,(H,21,22,23). The summed E-state index contributed by atoms with van der Waals surface area (Å²) in [7, 11) is 0. The largest absolute Gasteiger partial charge is 0.369 e. The van der Waals surface area contributed by atoms with Gasteiger partial charge in [-0.25, -0.2) is 4.98 Å². The minimum Gasteiger partial charge on any atom is -0.369 e. The van der Waals surface area contributed by atoms with Gasteiger partial charge in [-0.1, -0.05) is 42.5 Å². The van der Waals surface area contributed by atoms with Gasteiger partial charge in [0.15, 0.2) is 0 Å². The quantitative estimate of drug-likeness (QED) is 0.775. The Labute approximate surface area is 142 Å². The first-order chi connectivity index (χ1) is 11.9. The van der Waals surface area contributed by atoms with E-state index in [1.165, 1.54) is 18.4 Å². The van der Waals surface area contributed by atoms with Gasteiger partial charge in [-0.15, -0.1) is 0 Å². The van der Waals surface area contributed by atoms with Crippen molar-refractivity contribution in [2.75, 3.05) is 29.9 Å². The fourth-order valence-corrected chi connectivity index (χ4v) is 3.23. The molecule has 0 spiro atoms. The minimum atomic E-state index is 0.855. The fourth-order valence-electron chi connectivity index (χ4n) is 3.23. The Morgan fingerprint density at radius 2 is 1.62 bits per heavy atom. The molecule has 4 nitrogen and oxygen atoms in total. The van der Waals surface area contributed by atoms with Crippen molar-refractivity contribution in [1.82, 2.24) is 9.97 Å². The van der Waals surface area contributed by atoms with Crippen LogP contribution in [0.5, 0.6) is 0 Å². The van der Waals surface area contributed by atoms with Crippen LogP contribution in [0, 0.1) is 0 Å².